The molecule has 1 amide bonds. The number of nitrogens with zero attached hydrogens (tertiary/aromatic N) is 1. The van der Waals surface area contributed by atoms with Crippen LogP contribution >= 0.6 is 0 Å². The van der Waals surface area contributed by atoms with E-state index in [1.54, 1.807) is 27.7 Å². The van der Waals surface area contributed by atoms with E-state index in [1.165, 1.54) is 4.90 Å². The Hall–Kier alpha value is -1.31. The van der Waals surface area contributed by atoms with Crippen molar-refractivity contribution in [3.63, 3.8) is 0 Å². The number of ether oxygens (including phenoxy) is 2. The van der Waals surface area contributed by atoms with Crippen molar-refractivity contribution >= 4 is 21.9 Å². The van der Waals surface area contributed by atoms with Crippen LogP contribution in [-0.2, 0) is 24.1 Å². The molecule has 0 spiro atoms. The third-order valence-electron chi connectivity index (χ3n) is 2.67. The summed E-state index contributed by atoms with van der Waals surface area (Å²) in [6.07, 6.45) is -0.623. The van der Waals surface area contributed by atoms with Gasteiger partial charge >= 0.3 is 12.1 Å². The number of hydrogen-bond donors (Lipinski definition) is 0. The molecule has 0 saturated carbocycles. The van der Waals surface area contributed by atoms with Crippen molar-refractivity contribution in [1.82, 2.24) is 4.90 Å². The topological polar surface area (TPSA) is 90.0 Å². The van der Waals surface area contributed by atoms with Crippen molar-refractivity contribution < 1.29 is 27.5 Å². The largest absolute Gasteiger partial charge is 0.465 e. The Labute approximate surface area is 119 Å². The fourth-order valence-electron chi connectivity index (χ4n) is 1.73. The average molecular weight is 307 g/mol. The van der Waals surface area contributed by atoms with Gasteiger partial charge in [-0.2, -0.15) is 0 Å². The molecule has 1 heterocycles. The predicted octanol–water partition coefficient (Wildman–Crippen LogP) is 0.584. The summed E-state index contributed by atoms with van der Waals surface area (Å²) >= 11 is 0. The first-order chi connectivity index (χ1) is 9.07. The Kier molecular flexibility index (Phi) is 5.01. The van der Waals surface area contributed by atoms with Gasteiger partial charge in [0.2, 0.25) is 0 Å². The quantitative estimate of drug-likeness (QED) is 0.693. The Morgan fingerprint density at radius 1 is 1.30 bits per heavy atom. The molecule has 1 unspecified atom stereocenters. The van der Waals surface area contributed by atoms with E-state index in [0.29, 0.717) is 0 Å². The molecule has 0 radical (unpaired) electrons. The van der Waals surface area contributed by atoms with Gasteiger partial charge in [0.15, 0.2) is 15.1 Å². The Bertz CT molecular complexity index is 479. The molecule has 0 N–H and O–H groups in total. The number of amides is 1. The summed E-state index contributed by atoms with van der Waals surface area (Å²) in [5, 5.41) is -1.33. The normalized spacial score (nSPS) is 22.2. The van der Waals surface area contributed by atoms with Crippen molar-refractivity contribution in [1.29, 1.82) is 0 Å². The lowest BCUT2D eigenvalue weighted by Gasteiger charge is -2.32. The van der Waals surface area contributed by atoms with Crippen LogP contribution in [0.2, 0.25) is 0 Å². The van der Waals surface area contributed by atoms with E-state index in [-0.39, 0.29) is 25.4 Å². The first kappa shape index (κ1) is 16.7. The first-order valence-corrected chi connectivity index (χ1v) is 8.14. The zero-order valence-electron chi connectivity index (χ0n) is 12.2. The summed E-state index contributed by atoms with van der Waals surface area (Å²) in [6, 6.07) is 0. The van der Waals surface area contributed by atoms with Crippen LogP contribution in [0.25, 0.3) is 0 Å². The molecule has 1 rings (SSSR count). The summed E-state index contributed by atoms with van der Waals surface area (Å²) in [5.41, 5.74) is -0.674. The number of sulfone groups is 1. The van der Waals surface area contributed by atoms with Crippen LogP contribution in [0.3, 0.4) is 0 Å². The lowest BCUT2D eigenvalue weighted by Crippen LogP contribution is -2.53. The molecule has 0 aromatic heterocycles. The highest BCUT2D eigenvalue weighted by molar-refractivity contribution is 7.92. The van der Waals surface area contributed by atoms with Gasteiger partial charge in [0, 0.05) is 6.54 Å². The van der Waals surface area contributed by atoms with Gasteiger partial charge in [-0.15, -0.1) is 0 Å². The SMILES string of the molecule is CCOC(=O)C1CN(C(=O)OC(C)(C)C)CCS1(=O)=O. The minimum atomic E-state index is -3.58. The Morgan fingerprint density at radius 3 is 2.40 bits per heavy atom. The molecule has 0 aromatic rings. The Morgan fingerprint density at radius 2 is 1.90 bits per heavy atom. The standard InChI is InChI=1S/C12H21NO6S/c1-5-18-10(14)9-8-13(6-7-20(9,16)17)11(15)19-12(2,3)4/h9H,5-8H2,1-4H3. The van der Waals surface area contributed by atoms with Crippen molar-refractivity contribution in [2.75, 3.05) is 25.4 Å². The van der Waals surface area contributed by atoms with Crippen LogP contribution in [0.15, 0.2) is 0 Å². The van der Waals surface area contributed by atoms with Gasteiger partial charge < -0.3 is 14.4 Å². The summed E-state index contributed by atoms with van der Waals surface area (Å²) in [7, 11) is -3.58. The predicted molar refractivity (Wildman–Crippen MR) is 72.0 cm³/mol. The monoisotopic (exact) mass is 307 g/mol. The van der Waals surface area contributed by atoms with E-state index >= 15 is 0 Å². The molecule has 0 bridgehead atoms. The van der Waals surface area contributed by atoms with Gasteiger partial charge in [-0.3, -0.25) is 4.79 Å². The Balaban J connectivity index is 2.81. The van der Waals surface area contributed by atoms with Crippen molar-refractivity contribution in [3.8, 4) is 0 Å². The second-order valence-electron chi connectivity index (χ2n) is 5.53. The summed E-state index contributed by atoms with van der Waals surface area (Å²) in [4.78, 5) is 24.8. The minimum absolute atomic E-state index is 0.0210. The molecule has 0 aliphatic carbocycles. The highest BCUT2D eigenvalue weighted by Gasteiger charge is 2.41. The van der Waals surface area contributed by atoms with Gasteiger partial charge in [0.05, 0.1) is 18.9 Å². The van der Waals surface area contributed by atoms with Crippen molar-refractivity contribution in [2.24, 2.45) is 0 Å². The molecule has 1 fully saturated rings. The van der Waals surface area contributed by atoms with E-state index in [9.17, 15) is 18.0 Å². The highest BCUT2D eigenvalue weighted by Crippen LogP contribution is 2.17. The van der Waals surface area contributed by atoms with Gasteiger partial charge in [0.25, 0.3) is 0 Å². The molecular weight excluding hydrogens is 286 g/mol. The lowest BCUT2D eigenvalue weighted by molar-refractivity contribution is -0.143. The summed E-state index contributed by atoms with van der Waals surface area (Å²) < 4.78 is 33.7. The maximum Gasteiger partial charge on any atom is 0.410 e. The molecule has 8 heteroatoms. The third-order valence-corrected chi connectivity index (χ3v) is 4.63. The average Bonchev–Trinajstić information content (AvgIpc) is 2.26. The highest BCUT2D eigenvalue weighted by atomic mass is 32.2. The van der Waals surface area contributed by atoms with Gasteiger partial charge in [-0.1, -0.05) is 0 Å². The molecule has 1 atom stereocenters. The number of carbonyl (C=O) groups is 2. The molecule has 1 saturated heterocycles. The van der Waals surface area contributed by atoms with E-state index in [0.717, 1.165) is 0 Å². The minimum Gasteiger partial charge on any atom is -0.465 e. The smallest absolute Gasteiger partial charge is 0.410 e. The van der Waals surface area contributed by atoms with E-state index in [1.807, 2.05) is 0 Å². The maximum atomic E-state index is 11.9. The number of hydrogen-bond acceptors (Lipinski definition) is 6. The van der Waals surface area contributed by atoms with Crippen molar-refractivity contribution in [3.05, 3.63) is 0 Å². The molecule has 1 aliphatic rings. The van der Waals surface area contributed by atoms with Crippen LogP contribution in [-0.4, -0.2) is 61.7 Å². The fourth-order valence-corrected chi connectivity index (χ4v) is 3.26. The van der Waals surface area contributed by atoms with Gasteiger partial charge in [-0.05, 0) is 27.7 Å². The van der Waals surface area contributed by atoms with Crippen LogP contribution < -0.4 is 0 Å². The molecule has 0 aromatic carbocycles. The van der Waals surface area contributed by atoms with Gasteiger partial charge in [0.1, 0.15) is 5.60 Å². The summed E-state index contributed by atoms with van der Waals surface area (Å²) in [5.74, 6) is -1.09. The zero-order valence-corrected chi connectivity index (χ0v) is 13.0. The zero-order chi connectivity index (χ0) is 15.6. The molecular formula is C12H21NO6S. The van der Waals surface area contributed by atoms with E-state index < -0.39 is 32.8 Å². The number of carbonyl (C=O) groups excluding carboxylic acids is 2. The van der Waals surface area contributed by atoms with Crippen LogP contribution in [0, 0.1) is 0 Å². The number of esters is 1. The second-order valence-corrected chi connectivity index (χ2v) is 7.84. The van der Waals surface area contributed by atoms with Crippen LogP contribution in [0.4, 0.5) is 4.79 Å². The number of rotatable bonds is 2. The van der Waals surface area contributed by atoms with Gasteiger partial charge in [-0.25, -0.2) is 13.2 Å². The fraction of sp³-hybridized carbons (Fsp3) is 0.833. The maximum absolute atomic E-state index is 11.9. The summed E-state index contributed by atoms with van der Waals surface area (Å²) in [6.45, 7) is 6.64. The molecule has 7 nitrogen and oxygen atoms in total. The van der Waals surface area contributed by atoms with E-state index in [2.05, 4.69) is 0 Å². The first-order valence-electron chi connectivity index (χ1n) is 6.43. The third kappa shape index (κ3) is 4.36. The second kappa shape index (κ2) is 5.99. The van der Waals surface area contributed by atoms with Crippen molar-refractivity contribution in [2.45, 2.75) is 38.5 Å². The molecule has 1 aliphatic heterocycles. The molecule has 116 valence electrons. The van der Waals surface area contributed by atoms with Crippen LogP contribution in [0.1, 0.15) is 27.7 Å². The van der Waals surface area contributed by atoms with Crippen LogP contribution in [0.5, 0.6) is 0 Å². The lowest BCUT2D eigenvalue weighted by atomic mass is 10.2. The molecule has 20 heavy (non-hydrogen) atoms. The van der Waals surface area contributed by atoms with E-state index in [4.69, 9.17) is 9.47 Å².